The van der Waals surface area contributed by atoms with E-state index in [9.17, 15) is 9.90 Å². The molecule has 1 aromatic carbocycles. The van der Waals surface area contributed by atoms with Crippen LogP contribution in [0.15, 0.2) is 46.9 Å². The SMILES string of the molecule is O=C(O)c1ccccc1/C=N\n1c(Cc2cccs2)n[nH]c1=S. The zero-order valence-electron chi connectivity index (χ0n) is 11.8. The van der Waals surface area contributed by atoms with E-state index in [0.717, 1.165) is 4.88 Å². The fourth-order valence-corrected chi connectivity index (χ4v) is 2.95. The molecule has 116 valence electrons. The Labute approximate surface area is 140 Å². The van der Waals surface area contributed by atoms with Gasteiger partial charge in [0.05, 0.1) is 11.8 Å². The summed E-state index contributed by atoms with van der Waals surface area (Å²) < 4.78 is 1.87. The molecule has 0 fully saturated rings. The average Bonchev–Trinajstić information content (AvgIpc) is 3.17. The van der Waals surface area contributed by atoms with Crippen molar-refractivity contribution in [3.8, 4) is 0 Å². The molecule has 0 unspecified atom stereocenters. The number of benzene rings is 1. The van der Waals surface area contributed by atoms with Crippen molar-refractivity contribution in [3.05, 3.63) is 68.4 Å². The molecule has 0 bridgehead atoms. The number of carboxylic acid groups (broad SMARTS) is 1. The lowest BCUT2D eigenvalue weighted by Crippen LogP contribution is -2.03. The molecule has 0 aliphatic heterocycles. The number of H-pyrrole nitrogens is 1. The summed E-state index contributed by atoms with van der Waals surface area (Å²) in [7, 11) is 0. The quantitative estimate of drug-likeness (QED) is 0.550. The van der Waals surface area contributed by atoms with Gasteiger partial charge in [-0.05, 0) is 29.7 Å². The molecule has 0 aliphatic carbocycles. The number of thiophene rings is 1. The predicted molar refractivity (Wildman–Crippen MR) is 90.9 cm³/mol. The number of carbonyl (C=O) groups is 1. The van der Waals surface area contributed by atoms with Crippen molar-refractivity contribution in [3.63, 3.8) is 0 Å². The summed E-state index contributed by atoms with van der Waals surface area (Å²) in [6.07, 6.45) is 2.08. The molecular formula is C15H12N4O2S2. The number of nitrogens with zero attached hydrogens (tertiary/aromatic N) is 3. The van der Waals surface area contributed by atoms with E-state index in [1.807, 2.05) is 17.5 Å². The van der Waals surface area contributed by atoms with Crippen molar-refractivity contribution in [2.45, 2.75) is 6.42 Å². The van der Waals surface area contributed by atoms with Crippen LogP contribution in [0, 0.1) is 4.77 Å². The highest BCUT2D eigenvalue weighted by Crippen LogP contribution is 2.14. The third-order valence-corrected chi connectivity index (χ3v) is 4.27. The maximum atomic E-state index is 11.2. The Kier molecular flexibility index (Phi) is 4.45. The second-order valence-electron chi connectivity index (χ2n) is 4.65. The van der Waals surface area contributed by atoms with E-state index in [1.165, 1.54) is 17.0 Å². The summed E-state index contributed by atoms with van der Waals surface area (Å²) in [5.41, 5.74) is 0.691. The van der Waals surface area contributed by atoms with Gasteiger partial charge in [-0.25, -0.2) is 4.79 Å². The molecule has 2 aromatic heterocycles. The van der Waals surface area contributed by atoms with Crippen molar-refractivity contribution in [2.75, 3.05) is 0 Å². The van der Waals surface area contributed by atoms with Crippen LogP contribution < -0.4 is 0 Å². The average molecular weight is 344 g/mol. The van der Waals surface area contributed by atoms with E-state index in [0.29, 0.717) is 22.6 Å². The van der Waals surface area contributed by atoms with Crippen LogP contribution in [-0.2, 0) is 6.42 Å². The minimum atomic E-state index is -0.998. The number of aromatic nitrogens is 3. The third kappa shape index (κ3) is 3.43. The van der Waals surface area contributed by atoms with Crippen LogP contribution in [0.2, 0.25) is 0 Å². The number of nitrogens with one attached hydrogen (secondary N) is 1. The molecule has 0 atom stereocenters. The molecule has 3 rings (SSSR count). The lowest BCUT2D eigenvalue weighted by Gasteiger charge is -2.01. The number of aromatic carboxylic acids is 1. The molecule has 0 aliphatic rings. The van der Waals surface area contributed by atoms with Gasteiger partial charge in [0, 0.05) is 16.9 Å². The van der Waals surface area contributed by atoms with Crippen LogP contribution >= 0.6 is 23.6 Å². The lowest BCUT2D eigenvalue weighted by atomic mass is 10.1. The minimum Gasteiger partial charge on any atom is -0.478 e. The molecule has 2 heterocycles. The zero-order valence-corrected chi connectivity index (χ0v) is 13.5. The summed E-state index contributed by atoms with van der Waals surface area (Å²) in [6, 6.07) is 10.6. The van der Waals surface area contributed by atoms with Gasteiger partial charge >= 0.3 is 5.97 Å². The molecule has 0 saturated carbocycles. The number of hydrogen-bond donors (Lipinski definition) is 2. The summed E-state index contributed by atoms with van der Waals surface area (Å²) in [5, 5.41) is 22.4. The van der Waals surface area contributed by atoms with E-state index in [4.69, 9.17) is 12.2 Å². The molecule has 0 saturated heterocycles. The first-order valence-corrected chi connectivity index (χ1v) is 7.99. The fourth-order valence-electron chi connectivity index (χ4n) is 2.05. The third-order valence-electron chi connectivity index (χ3n) is 3.13. The molecule has 0 radical (unpaired) electrons. The number of aromatic amines is 1. The van der Waals surface area contributed by atoms with Crippen LogP contribution in [0.5, 0.6) is 0 Å². The molecule has 0 spiro atoms. The smallest absolute Gasteiger partial charge is 0.336 e. The second-order valence-corrected chi connectivity index (χ2v) is 6.07. The molecular weight excluding hydrogens is 332 g/mol. The summed E-state index contributed by atoms with van der Waals surface area (Å²) >= 11 is 6.81. The monoisotopic (exact) mass is 344 g/mol. The normalized spacial score (nSPS) is 11.1. The largest absolute Gasteiger partial charge is 0.478 e. The van der Waals surface area contributed by atoms with Crippen molar-refractivity contribution in [1.29, 1.82) is 0 Å². The Morgan fingerprint density at radius 3 is 2.96 bits per heavy atom. The van der Waals surface area contributed by atoms with Gasteiger partial charge < -0.3 is 5.11 Å². The van der Waals surface area contributed by atoms with Gasteiger partial charge in [0.15, 0.2) is 5.82 Å². The number of carboxylic acids is 1. The number of hydrogen-bond acceptors (Lipinski definition) is 5. The Morgan fingerprint density at radius 2 is 2.22 bits per heavy atom. The molecule has 8 heteroatoms. The Balaban J connectivity index is 1.93. The van der Waals surface area contributed by atoms with Crippen LogP contribution in [0.25, 0.3) is 0 Å². The Bertz CT molecular complexity index is 910. The molecule has 0 amide bonds. The summed E-state index contributed by atoms with van der Waals surface area (Å²) in [6.45, 7) is 0. The highest BCUT2D eigenvalue weighted by atomic mass is 32.1. The first kappa shape index (κ1) is 15.3. The van der Waals surface area contributed by atoms with E-state index in [1.54, 1.807) is 29.5 Å². The molecule has 3 aromatic rings. The molecule has 23 heavy (non-hydrogen) atoms. The second kappa shape index (κ2) is 6.67. The van der Waals surface area contributed by atoms with Crippen molar-refractivity contribution >= 4 is 35.7 Å². The molecule has 6 nitrogen and oxygen atoms in total. The van der Waals surface area contributed by atoms with Gasteiger partial charge in [0.1, 0.15) is 0 Å². The van der Waals surface area contributed by atoms with Gasteiger partial charge in [-0.3, -0.25) is 5.10 Å². The van der Waals surface area contributed by atoms with E-state index >= 15 is 0 Å². The fraction of sp³-hybridized carbons (Fsp3) is 0.0667. The predicted octanol–water partition coefficient (Wildman–Crippen LogP) is 3.17. The van der Waals surface area contributed by atoms with Crippen LogP contribution in [0.3, 0.4) is 0 Å². The maximum absolute atomic E-state index is 11.2. The maximum Gasteiger partial charge on any atom is 0.336 e. The highest BCUT2D eigenvalue weighted by molar-refractivity contribution is 7.71. The zero-order chi connectivity index (χ0) is 16.2. The lowest BCUT2D eigenvalue weighted by molar-refractivity contribution is 0.0697. The summed E-state index contributed by atoms with van der Waals surface area (Å²) in [4.78, 5) is 12.4. The minimum absolute atomic E-state index is 0.186. The standard InChI is InChI=1S/C15H12N4O2S2/c20-14(21)12-6-2-1-4-10(12)9-16-19-13(17-18-15(19)22)8-11-5-3-7-23-11/h1-7,9H,8H2,(H,18,22)(H,20,21)/b16-9-. The summed E-state index contributed by atoms with van der Waals surface area (Å²) in [5.74, 6) is -0.330. The van der Waals surface area contributed by atoms with Gasteiger partial charge in [0.2, 0.25) is 4.77 Å². The molecule has 2 N–H and O–H groups in total. The first-order chi connectivity index (χ1) is 11.1. The highest BCUT2D eigenvalue weighted by Gasteiger charge is 2.09. The van der Waals surface area contributed by atoms with E-state index < -0.39 is 5.97 Å². The van der Waals surface area contributed by atoms with E-state index in [2.05, 4.69) is 15.3 Å². The first-order valence-electron chi connectivity index (χ1n) is 6.70. The van der Waals surface area contributed by atoms with Crippen molar-refractivity contribution < 1.29 is 9.90 Å². The van der Waals surface area contributed by atoms with E-state index in [-0.39, 0.29) is 5.56 Å². The topological polar surface area (TPSA) is 83.3 Å². The van der Waals surface area contributed by atoms with Crippen molar-refractivity contribution in [2.24, 2.45) is 5.10 Å². The van der Waals surface area contributed by atoms with Crippen LogP contribution in [0.4, 0.5) is 0 Å². The Hall–Kier alpha value is -2.58. The van der Waals surface area contributed by atoms with Gasteiger partial charge in [0.25, 0.3) is 0 Å². The van der Waals surface area contributed by atoms with Crippen LogP contribution in [-0.4, -0.2) is 32.2 Å². The van der Waals surface area contributed by atoms with Gasteiger partial charge in [-0.1, -0.05) is 24.3 Å². The van der Waals surface area contributed by atoms with Gasteiger partial charge in [-0.2, -0.15) is 14.9 Å². The number of rotatable bonds is 5. The van der Waals surface area contributed by atoms with Crippen LogP contribution in [0.1, 0.15) is 26.6 Å². The van der Waals surface area contributed by atoms with Crippen molar-refractivity contribution in [1.82, 2.24) is 14.9 Å². The van der Waals surface area contributed by atoms with Gasteiger partial charge in [-0.15, -0.1) is 11.3 Å². The Morgan fingerprint density at radius 1 is 1.39 bits per heavy atom.